The molecular weight excluding hydrogens is 194 g/mol. The molecule has 3 heteroatoms. The van der Waals surface area contributed by atoms with Crippen molar-refractivity contribution >= 4 is 11.8 Å². The number of para-hydroxylation sites is 1. The minimum Gasteiger partial charge on any atom is -0.507 e. The number of hydrogen-bond acceptors (Lipinski definition) is 3. The van der Waals surface area contributed by atoms with Gasteiger partial charge in [-0.2, -0.15) is 0 Å². The van der Waals surface area contributed by atoms with Gasteiger partial charge in [0.1, 0.15) is 5.75 Å². The SMILES string of the molecule is Oc1ccccc1SCCC1CNC1. The summed E-state index contributed by atoms with van der Waals surface area (Å²) in [6.07, 6.45) is 1.24. The summed E-state index contributed by atoms with van der Waals surface area (Å²) in [5.41, 5.74) is 0. The van der Waals surface area contributed by atoms with Crippen LogP contribution >= 0.6 is 11.8 Å². The topological polar surface area (TPSA) is 32.3 Å². The Bertz CT molecular complexity index is 299. The average molecular weight is 209 g/mol. The molecule has 0 saturated carbocycles. The second-order valence-electron chi connectivity index (χ2n) is 3.63. The van der Waals surface area contributed by atoms with E-state index < -0.39 is 0 Å². The second kappa shape index (κ2) is 4.71. The molecular formula is C11H15NOS. The van der Waals surface area contributed by atoms with Gasteiger partial charge in [-0.3, -0.25) is 0 Å². The Labute approximate surface area is 88.7 Å². The monoisotopic (exact) mass is 209 g/mol. The van der Waals surface area contributed by atoms with Gasteiger partial charge in [0, 0.05) is 4.90 Å². The molecule has 1 aliphatic rings. The number of hydrogen-bond donors (Lipinski definition) is 2. The summed E-state index contributed by atoms with van der Waals surface area (Å²) in [5.74, 6) is 2.36. The van der Waals surface area contributed by atoms with Crippen LogP contribution in [0.5, 0.6) is 5.75 Å². The smallest absolute Gasteiger partial charge is 0.129 e. The first-order valence-corrected chi connectivity index (χ1v) is 5.96. The van der Waals surface area contributed by atoms with E-state index in [1.807, 2.05) is 18.2 Å². The summed E-state index contributed by atoms with van der Waals surface area (Å²) in [6, 6.07) is 7.54. The van der Waals surface area contributed by atoms with Gasteiger partial charge < -0.3 is 10.4 Å². The lowest BCUT2D eigenvalue weighted by Gasteiger charge is -2.26. The average Bonchev–Trinajstić information content (AvgIpc) is 2.12. The van der Waals surface area contributed by atoms with E-state index in [2.05, 4.69) is 5.32 Å². The van der Waals surface area contributed by atoms with Gasteiger partial charge in [0.15, 0.2) is 0 Å². The minimum absolute atomic E-state index is 0.407. The first-order valence-electron chi connectivity index (χ1n) is 4.98. The van der Waals surface area contributed by atoms with Gasteiger partial charge in [-0.1, -0.05) is 12.1 Å². The van der Waals surface area contributed by atoms with E-state index >= 15 is 0 Å². The summed E-state index contributed by atoms with van der Waals surface area (Å²) < 4.78 is 0. The van der Waals surface area contributed by atoms with Crippen molar-refractivity contribution in [1.29, 1.82) is 0 Å². The molecule has 2 rings (SSSR count). The number of nitrogens with one attached hydrogen (secondary N) is 1. The zero-order valence-corrected chi connectivity index (χ0v) is 8.89. The van der Waals surface area contributed by atoms with Crippen LogP contribution in [-0.4, -0.2) is 23.9 Å². The number of aromatic hydroxyl groups is 1. The molecule has 1 fully saturated rings. The van der Waals surface area contributed by atoms with Crippen molar-refractivity contribution in [2.45, 2.75) is 11.3 Å². The molecule has 0 aromatic heterocycles. The van der Waals surface area contributed by atoms with Gasteiger partial charge in [0.25, 0.3) is 0 Å². The second-order valence-corrected chi connectivity index (χ2v) is 4.77. The fourth-order valence-corrected chi connectivity index (χ4v) is 2.53. The third kappa shape index (κ3) is 2.42. The van der Waals surface area contributed by atoms with Crippen molar-refractivity contribution in [3.05, 3.63) is 24.3 Å². The van der Waals surface area contributed by atoms with Gasteiger partial charge in [0.05, 0.1) is 0 Å². The largest absolute Gasteiger partial charge is 0.507 e. The van der Waals surface area contributed by atoms with Gasteiger partial charge in [-0.05, 0) is 43.3 Å². The Morgan fingerprint density at radius 1 is 1.36 bits per heavy atom. The third-order valence-electron chi connectivity index (χ3n) is 2.51. The first kappa shape index (κ1) is 9.87. The quantitative estimate of drug-likeness (QED) is 0.745. The maximum atomic E-state index is 9.51. The van der Waals surface area contributed by atoms with Crippen molar-refractivity contribution in [1.82, 2.24) is 5.32 Å². The zero-order chi connectivity index (χ0) is 9.80. The molecule has 76 valence electrons. The Morgan fingerprint density at radius 2 is 2.14 bits per heavy atom. The van der Waals surface area contributed by atoms with Crippen LogP contribution in [0, 0.1) is 5.92 Å². The van der Waals surface area contributed by atoms with E-state index in [0.717, 1.165) is 16.6 Å². The van der Waals surface area contributed by atoms with Crippen molar-refractivity contribution < 1.29 is 5.11 Å². The minimum atomic E-state index is 0.407. The molecule has 14 heavy (non-hydrogen) atoms. The lowest BCUT2D eigenvalue weighted by atomic mass is 10.0. The Morgan fingerprint density at radius 3 is 2.79 bits per heavy atom. The molecule has 0 aliphatic carbocycles. The van der Waals surface area contributed by atoms with Crippen LogP contribution in [0.3, 0.4) is 0 Å². The van der Waals surface area contributed by atoms with Crippen LogP contribution in [0.4, 0.5) is 0 Å². The summed E-state index contributed by atoms with van der Waals surface area (Å²) in [5, 5.41) is 12.8. The molecule has 2 N–H and O–H groups in total. The lowest BCUT2D eigenvalue weighted by molar-refractivity contribution is 0.341. The Kier molecular flexibility index (Phi) is 3.32. The third-order valence-corrected chi connectivity index (χ3v) is 3.61. The summed E-state index contributed by atoms with van der Waals surface area (Å²) in [7, 11) is 0. The maximum Gasteiger partial charge on any atom is 0.129 e. The van der Waals surface area contributed by atoms with Gasteiger partial charge in [-0.15, -0.1) is 11.8 Å². The van der Waals surface area contributed by atoms with E-state index in [4.69, 9.17) is 0 Å². The lowest BCUT2D eigenvalue weighted by Crippen LogP contribution is -2.42. The molecule has 0 bridgehead atoms. The van der Waals surface area contributed by atoms with Crippen molar-refractivity contribution in [3.63, 3.8) is 0 Å². The summed E-state index contributed by atoms with van der Waals surface area (Å²) in [6.45, 7) is 2.34. The number of phenolic OH excluding ortho intramolecular Hbond substituents is 1. The number of benzene rings is 1. The van der Waals surface area contributed by atoms with Crippen LogP contribution in [0.1, 0.15) is 6.42 Å². The Balaban J connectivity index is 1.76. The molecule has 1 heterocycles. The molecule has 0 unspecified atom stereocenters. The van der Waals surface area contributed by atoms with Crippen LogP contribution < -0.4 is 5.32 Å². The summed E-state index contributed by atoms with van der Waals surface area (Å²) in [4.78, 5) is 1.000. The van der Waals surface area contributed by atoms with E-state index in [-0.39, 0.29) is 0 Å². The number of thioether (sulfide) groups is 1. The summed E-state index contributed by atoms with van der Waals surface area (Å²) >= 11 is 1.75. The predicted molar refractivity (Wildman–Crippen MR) is 59.8 cm³/mol. The predicted octanol–water partition coefficient (Wildman–Crippen LogP) is 2.09. The zero-order valence-electron chi connectivity index (χ0n) is 8.07. The van der Waals surface area contributed by atoms with Crippen molar-refractivity contribution in [2.24, 2.45) is 5.92 Å². The van der Waals surface area contributed by atoms with Crippen molar-refractivity contribution in [2.75, 3.05) is 18.8 Å². The van der Waals surface area contributed by atoms with Gasteiger partial charge in [-0.25, -0.2) is 0 Å². The first-order chi connectivity index (χ1) is 6.86. The number of phenols is 1. The fourth-order valence-electron chi connectivity index (χ4n) is 1.47. The van der Waals surface area contributed by atoms with E-state index in [0.29, 0.717) is 5.75 Å². The molecule has 2 nitrogen and oxygen atoms in total. The van der Waals surface area contributed by atoms with E-state index in [9.17, 15) is 5.11 Å². The fraction of sp³-hybridized carbons (Fsp3) is 0.455. The molecule has 1 aromatic carbocycles. The van der Waals surface area contributed by atoms with Crippen molar-refractivity contribution in [3.8, 4) is 5.75 Å². The maximum absolute atomic E-state index is 9.51. The molecule has 1 saturated heterocycles. The highest BCUT2D eigenvalue weighted by Gasteiger charge is 2.15. The highest BCUT2D eigenvalue weighted by atomic mass is 32.2. The molecule has 0 atom stereocenters. The van der Waals surface area contributed by atoms with E-state index in [1.165, 1.54) is 19.5 Å². The molecule has 0 spiro atoms. The van der Waals surface area contributed by atoms with Crippen LogP contribution in [0.2, 0.25) is 0 Å². The highest BCUT2D eigenvalue weighted by Crippen LogP contribution is 2.29. The van der Waals surface area contributed by atoms with Crippen LogP contribution in [0.25, 0.3) is 0 Å². The Hall–Kier alpha value is -0.670. The normalized spacial score (nSPS) is 16.6. The molecule has 0 radical (unpaired) electrons. The highest BCUT2D eigenvalue weighted by molar-refractivity contribution is 7.99. The van der Waals surface area contributed by atoms with Gasteiger partial charge in [0.2, 0.25) is 0 Å². The molecule has 1 aliphatic heterocycles. The molecule has 0 amide bonds. The molecule has 1 aromatic rings. The van der Waals surface area contributed by atoms with Gasteiger partial charge >= 0.3 is 0 Å². The van der Waals surface area contributed by atoms with Crippen LogP contribution in [0.15, 0.2) is 29.2 Å². The standard InChI is InChI=1S/C11H15NOS/c13-10-3-1-2-4-11(10)14-6-5-9-7-12-8-9/h1-4,9,12-13H,5-8H2. The van der Waals surface area contributed by atoms with Crippen LogP contribution in [-0.2, 0) is 0 Å². The number of rotatable bonds is 4. The van der Waals surface area contributed by atoms with E-state index in [1.54, 1.807) is 17.8 Å².